The molecular weight excluding hydrogens is 234 g/mol. The summed E-state index contributed by atoms with van der Waals surface area (Å²) < 4.78 is 0. The number of aliphatic hydroxyl groups is 1. The highest BCUT2D eigenvalue weighted by Gasteiger charge is 2.53. The van der Waals surface area contributed by atoms with E-state index in [1.54, 1.807) is 0 Å². The van der Waals surface area contributed by atoms with Crippen molar-refractivity contribution in [3.63, 3.8) is 0 Å². The van der Waals surface area contributed by atoms with Crippen LogP contribution in [0.15, 0.2) is 0 Å². The van der Waals surface area contributed by atoms with Crippen LogP contribution in [0.3, 0.4) is 0 Å². The standard InChI is InChI=1S/C17H29NO/c1-11(18-15-3-2-4-16(15)19)17-8-12-5-13(9-17)7-14(6-12)10-17/h11-16,18-19H,2-10H2,1H3/t11?,12?,13?,14?,15-,16-,17?/m0/s1. The second-order valence-corrected chi connectivity index (χ2v) is 8.27. The van der Waals surface area contributed by atoms with Crippen LogP contribution in [0.4, 0.5) is 0 Å². The molecule has 2 N–H and O–H groups in total. The maximum absolute atomic E-state index is 10.1. The van der Waals surface area contributed by atoms with Crippen molar-refractivity contribution in [1.29, 1.82) is 0 Å². The Morgan fingerprint density at radius 2 is 1.58 bits per heavy atom. The first-order valence-electron chi connectivity index (χ1n) is 8.59. The molecule has 3 atom stereocenters. The van der Waals surface area contributed by atoms with Crippen LogP contribution in [-0.4, -0.2) is 23.3 Å². The van der Waals surface area contributed by atoms with E-state index in [4.69, 9.17) is 0 Å². The van der Waals surface area contributed by atoms with Crippen LogP contribution in [-0.2, 0) is 0 Å². The zero-order valence-electron chi connectivity index (χ0n) is 12.3. The molecule has 2 heteroatoms. The van der Waals surface area contributed by atoms with Gasteiger partial charge in [0.1, 0.15) is 0 Å². The molecule has 5 saturated carbocycles. The van der Waals surface area contributed by atoms with Gasteiger partial charge in [-0.25, -0.2) is 0 Å². The summed E-state index contributed by atoms with van der Waals surface area (Å²) in [6, 6.07) is 0.988. The molecule has 0 amide bonds. The Labute approximate surface area is 117 Å². The van der Waals surface area contributed by atoms with E-state index in [1.807, 2.05) is 0 Å². The SMILES string of the molecule is CC(N[C@H]1CCC[C@@H]1O)C12CC3CC(CC(C3)C1)C2. The third kappa shape index (κ3) is 2.06. The van der Waals surface area contributed by atoms with Gasteiger partial charge in [0.15, 0.2) is 0 Å². The fourth-order valence-corrected chi connectivity index (χ4v) is 6.34. The fourth-order valence-electron chi connectivity index (χ4n) is 6.34. The Morgan fingerprint density at radius 3 is 2.05 bits per heavy atom. The summed E-state index contributed by atoms with van der Waals surface area (Å²) in [5, 5.41) is 13.9. The predicted molar refractivity (Wildman–Crippen MR) is 76.8 cm³/mol. The van der Waals surface area contributed by atoms with E-state index in [9.17, 15) is 5.11 Å². The van der Waals surface area contributed by atoms with Crippen molar-refractivity contribution < 1.29 is 5.11 Å². The predicted octanol–water partition coefficient (Wildman–Crippen LogP) is 3.09. The van der Waals surface area contributed by atoms with Gasteiger partial charge in [-0.05, 0) is 87.9 Å². The lowest BCUT2D eigenvalue weighted by atomic mass is 9.48. The van der Waals surface area contributed by atoms with Crippen LogP contribution < -0.4 is 5.32 Å². The molecule has 19 heavy (non-hydrogen) atoms. The number of aliphatic hydroxyl groups excluding tert-OH is 1. The van der Waals surface area contributed by atoms with Crippen molar-refractivity contribution in [2.75, 3.05) is 0 Å². The zero-order valence-corrected chi connectivity index (χ0v) is 12.3. The number of rotatable bonds is 3. The molecule has 0 heterocycles. The molecular formula is C17H29NO. The highest BCUT2D eigenvalue weighted by atomic mass is 16.3. The number of hydrogen-bond donors (Lipinski definition) is 2. The largest absolute Gasteiger partial charge is 0.392 e. The minimum atomic E-state index is -0.0867. The van der Waals surface area contributed by atoms with E-state index >= 15 is 0 Å². The van der Waals surface area contributed by atoms with Crippen LogP contribution in [0, 0.1) is 23.2 Å². The molecule has 0 radical (unpaired) electrons. The normalized spacial score (nSPS) is 53.7. The Bertz CT molecular complexity index is 318. The average Bonchev–Trinajstić information content (AvgIpc) is 2.73. The first kappa shape index (κ1) is 12.6. The lowest BCUT2D eigenvalue weighted by molar-refractivity contribution is -0.0739. The summed E-state index contributed by atoms with van der Waals surface area (Å²) in [5.74, 6) is 3.09. The van der Waals surface area contributed by atoms with Crippen molar-refractivity contribution in [1.82, 2.24) is 5.32 Å². The molecule has 5 rings (SSSR count). The Morgan fingerprint density at radius 1 is 1.00 bits per heavy atom. The molecule has 0 aliphatic heterocycles. The van der Waals surface area contributed by atoms with Crippen LogP contribution in [0.25, 0.3) is 0 Å². The minimum absolute atomic E-state index is 0.0867. The first-order chi connectivity index (χ1) is 9.14. The van der Waals surface area contributed by atoms with Gasteiger partial charge < -0.3 is 10.4 Å². The average molecular weight is 263 g/mol. The Kier molecular flexibility index (Phi) is 2.97. The van der Waals surface area contributed by atoms with Crippen LogP contribution in [0.1, 0.15) is 64.7 Å². The lowest BCUT2D eigenvalue weighted by Gasteiger charge is -2.59. The van der Waals surface area contributed by atoms with Crippen LogP contribution >= 0.6 is 0 Å². The van der Waals surface area contributed by atoms with Gasteiger partial charge in [0.25, 0.3) is 0 Å². The summed E-state index contributed by atoms with van der Waals surface area (Å²) >= 11 is 0. The molecule has 0 saturated heterocycles. The van der Waals surface area contributed by atoms with Gasteiger partial charge in [0.05, 0.1) is 6.10 Å². The maximum atomic E-state index is 10.1. The molecule has 5 fully saturated rings. The Balaban J connectivity index is 1.48. The van der Waals surface area contributed by atoms with E-state index in [2.05, 4.69) is 12.2 Å². The van der Waals surface area contributed by atoms with E-state index in [0.29, 0.717) is 17.5 Å². The minimum Gasteiger partial charge on any atom is -0.392 e. The quantitative estimate of drug-likeness (QED) is 0.820. The second-order valence-electron chi connectivity index (χ2n) is 8.27. The smallest absolute Gasteiger partial charge is 0.0693 e. The fraction of sp³-hybridized carbons (Fsp3) is 1.00. The van der Waals surface area contributed by atoms with Gasteiger partial charge in [-0.3, -0.25) is 0 Å². The van der Waals surface area contributed by atoms with Crippen molar-refractivity contribution in [2.24, 2.45) is 23.2 Å². The lowest BCUT2D eigenvalue weighted by Crippen LogP contribution is -2.57. The van der Waals surface area contributed by atoms with Crippen LogP contribution in [0.2, 0.25) is 0 Å². The van der Waals surface area contributed by atoms with Crippen molar-refractivity contribution in [3.8, 4) is 0 Å². The van der Waals surface area contributed by atoms with Gasteiger partial charge in [-0.15, -0.1) is 0 Å². The highest BCUT2D eigenvalue weighted by molar-refractivity contribution is 5.06. The van der Waals surface area contributed by atoms with Gasteiger partial charge in [-0.1, -0.05) is 0 Å². The van der Waals surface area contributed by atoms with E-state index in [-0.39, 0.29) is 6.10 Å². The summed E-state index contributed by atoms with van der Waals surface area (Å²) in [4.78, 5) is 0. The van der Waals surface area contributed by atoms with Crippen LogP contribution in [0.5, 0.6) is 0 Å². The van der Waals surface area contributed by atoms with Gasteiger partial charge in [0.2, 0.25) is 0 Å². The molecule has 2 nitrogen and oxygen atoms in total. The summed E-state index contributed by atoms with van der Waals surface area (Å²) in [6.07, 6.45) is 12.3. The topological polar surface area (TPSA) is 32.3 Å². The molecule has 0 spiro atoms. The number of nitrogens with one attached hydrogen (secondary N) is 1. The van der Waals surface area contributed by atoms with E-state index < -0.39 is 0 Å². The third-order valence-electron chi connectivity index (χ3n) is 6.95. The summed E-state index contributed by atoms with van der Waals surface area (Å²) in [5.41, 5.74) is 0.580. The molecule has 0 aromatic rings. The summed E-state index contributed by atoms with van der Waals surface area (Å²) in [6.45, 7) is 2.41. The van der Waals surface area contributed by atoms with Gasteiger partial charge >= 0.3 is 0 Å². The molecule has 1 unspecified atom stereocenters. The molecule has 0 aromatic heterocycles. The van der Waals surface area contributed by atoms with Crippen molar-refractivity contribution >= 4 is 0 Å². The van der Waals surface area contributed by atoms with E-state index in [1.165, 1.54) is 51.4 Å². The van der Waals surface area contributed by atoms with Crippen molar-refractivity contribution in [3.05, 3.63) is 0 Å². The molecule has 108 valence electrons. The third-order valence-corrected chi connectivity index (χ3v) is 6.95. The monoisotopic (exact) mass is 263 g/mol. The van der Waals surface area contributed by atoms with E-state index in [0.717, 1.165) is 24.2 Å². The molecule has 0 aromatic carbocycles. The highest BCUT2D eigenvalue weighted by Crippen LogP contribution is 2.61. The maximum Gasteiger partial charge on any atom is 0.0693 e. The molecule has 5 aliphatic carbocycles. The molecule has 4 bridgehead atoms. The van der Waals surface area contributed by atoms with Gasteiger partial charge in [0, 0.05) is 12.1 Å². The second kappa shape index (κ2) is 4.46. The summed E-state index contributed by atoms with van der Waals surface area (Å²) in [7, 11) is 0. The first-order valence-corrected chi connectivity index (χ1v) is 8.59. The zero-order chi connectivity index (χ0) is 13.0. The number of hydrogen-bond acceptors (Lipinski definition) is 2. The van der Waals surface area contributed by atoms with Crippen molar-refractivity contribution in [2.45, 2.75) is 82.9 Å². The Hall–Kier alpha value is -0.0800. The molecule has 5 aliphatic rings. The van der Waals surface area contributed by atoms with Gasteiger partial charge in [-0.2, -0.15) is 0 Å².